The van der Waals surface area contributed by atoms with Crippen LogP contribution in [0.1, 0.15) is 26.3 Å². The fourth-order valence-corrected chi connectivity index (χ4v) is 1.39. The van der Waals surface area contributed by atoms with Crippen LogP contribution in [0.25, 0.3) is 0 Å². The summed E-state index contributed by atoms with van der Waals surface area (Å²) in [6, 6.07) is 4.65. The van der Waals surface area contributed by atoms with Gasteiger partial charge in [-0.05, 0) is 29.5 Å². The summed E-state index contributed by atoms with van der Waals surface area (Å²) in [4.78, 5) is 0. The zero-order valence-electron chi connectivity index (χ0n) is 9.35. The molecule has 0 fully saturated rings. The number of hydrogen-bond donors (Lipinski definition) is 1. The van der Waals surface area contributed by atoms with Gasteiger partial charge in [-0.25, -0.2) is 4.39 Å². The lowest BCUT2D eigenvalue weighted by atomic mass is 9.84. The Morgan fingerprint density at radius 1 is 1.40 bits per heavy atom. The second kappa shape index (κ2) is 4.50. The fraction of sp³-hybridized carbons (Fsp3) is 0.500. The lowest BCUT2D eigenvalue weighted by molar-refractivity contribution is 0.316. The van der Waals surface area contributed by atoms with E-state index in [-0.39, 0.29) is 17.3 Å². The number of nitrogens with two attached hydrogens (primary N) is 1. The zero-order valence-corrected chi connectivity index (χ0v) is 10.1. The van der Waals surface area contributed by atoms with Crippen molar-refractivity contribution in [3.8, 4) is 0 Å². The Morgan fingerprint density at radius 3 is 2.47 bits per heavy atom. The Labute approximate surface area is 95.4 Å². The molecule has 0 saturated heterocycles. The maximum Gasteiger partial charge on any atom is 0.127 e. The molecule has 0 aliphatic carbocycles. The van der Waals surface area contributed by atoms with Crippen LogP contribution in [0.5, 0.6) is 0 Å². The van der Waals surface area contributed by atoms with Gasteiger partial charge in [0, 0.05) is 11.1 Å². The summed E-state index contributed by atoms with van der Waals surface area (Å²) in [5.41, 5.74) is 6.59. The predicted molar refractivity (Wildman–Crippen MR) is 62.5 cm³/mol. The molecule has 0 aliphatic heterocycles. The van der Waals surface area contributed by atoms with E-state index < -0.39 is 0 Å². The summed E-state index contributed by atoms with van der Waals surface area (Å²) in [6.07, 6.45) is 0.534. The van der Waals surface area contributed by atoms with Gasteiger partial charge >= 0.3 is 0 Å². The van der Waals surface area contributed by atoms with Crippen LogP contribution in [0, 0.1) is 11.2 Å². The summed E-state index contributed by atoms with van der Waals surface area (Å²) in [5, 5.41) is 0.417. The lowest BCUT2D eigenvalue weighted by Gasteiger charge is -2.27. The summed E-state index contributed by atoms with van der Waals surface area (Å²) in [6.45, 7) is 6.14. The van der Waals surface area contributed by atoms with Gasteiger partial charge in [-0.1, -0.05) is 38.4 Å². The number of rotatable bonds is 2. The maximum atomic E-state index is 13.5. The van der Waals surface area contributed by atoms with Crippen molar-refractivity contribution in [2.75, 3.05) is 0 Å². The van der Waals surface area contributed by atoms with Crippen LogP contribution in [0.2, 0.25) is 5.02 Å². The van der Waals surface area contributed by atoms with Gasteiger partial charge in [-0.2, -0.15) is 0 Å². The van der Waals surface area contributed by atoms with E-state index in [4.69, 9.17) is 17.3 Å². The van der Waals surface area contributed by atoms with Crippen molar-refractivity contribution < 1.29 is 4.39 Å². The Morgan fingerprint density at radius 2 is 2.00 bits per heavy atom. The number of hydrogen-bond acceptors (Lipinski definition) is 1. The van der Waals surface area contributed by atoms with Gasteiger partial charge in [0.2, 0.25) is 0 Å². The largest absolute Gasteiger partial charge is 0.327 e. The molecule has 84 valence electrons. The highest BCUT2D eigenvalue weighted by Gasteiger charge is 2.21. The molecule has 0 spiro atoms. The molecule has 0 bridgehead atoms. The van der Waals surface area contributed by atoms with E-state index in [2.05, 4.69) is 0 Å². The van der Waals surface area contributed by atoms with E-state index in [0.717, 1.165) is 0 Å². The van der Waals surface area contributed by atoms with Crippen LogP contribution in [0.3, 0.4) is 0 Å². The van der Waals surface area contributed by atoms with Crippen molar-refractivity contribution in [3.05, 3.63) is 34.6 Å². The smallest absolute Gasteiger partial charge is 0.127 e. The molecule has 1 rings (SSSR count). The van der Waals surface area contributed by atoms with E-state index in [9.17, 15) is 4.39 Å². The molecule has 0 aromatic heterocycles. The van der Waals surface area contributed by atoms with Crippen LogP contribution >= 0.6 is 11.6 Å². The molecule has 0 heterocycles. The third-order valence-electron chi connectivity index (χ3n) is 2.57. The fourth-order valence-electron chi connectivity index (χ4n) is 1.23. The highest BCUT2D eigenvalue weighted by molar-refractivity contribution is 6.30. The van der Waals surface area contributed by atoms with E-state index in [1.54, 1.807) is 12.1 Å². The van der Waals surface area contributed by atoms with Crippen LogP contribution < -0.4 is 5.73 Å². The highest BCUT2D eigenvalue weighted by Crippen LogP contribution is 2.23. The quantitative estimate of drug-likeness (QED) is 0.827. The molecular formula is C12H17ClFN. The Kier molecular flexibility index (Phi) is 3.74. The van der Waals surface area contributed by atoms with Gasteiger partial charge in [0.1, 0.15) is 5.82 Å². The normalized spacial score (nSPS) is 14.0. The molecule has 1 unspecified atom stereocenters. The third kappa shape index (κ3) is 3.47. The molecule has 1 aromatic carbocycles. The molecule has 0 saturated carbocycles. The van der Waals surface area contributed by atoms with Crippen molar-refractivity contribution in [1.82, 2.24) is 0 Å². The minimum absolute atomic E-state index is 0.0217. The van der Waals surface area contributed by atoms with Gasteiger partial charge in [-0.15, -0.1) is 0 Å². The zero-order chi connectivity index (χ0) is 11.6. The average molecular weight is 230 g/mol. The van der Waals surface area contributed by atoms with Crippen molar-refractivity contribution in [2.24, 2.45) is 11.1 Å². The van der Waals surface area contributed by atoms with E-state index in [1.807, 2.05) is 20.8 Å². The van der Waals surface area contributed by atoms with E-state index in [1.165, 1.54) is 6.07 Å². The van der Waals surface area contributed by atoms with Gasteiger partial charge in [-0.3, -0.25) is 0 Å². The average Bonchev–Trinajstić information content (AvgIpc) is 2.08. The first-order valence-electron chi connectivity index (χ1n) is 5.00. The van der Waals surface area contributed by atoms with Gasteiger partial charge in [0.25, 0.3) is 0 Å². The van der Waals surface area contributed by atoms with Crippen molar-refractivity contribution in [1.29, 1.82) is 0 Å². The predicted octanol–water partition coefficient (Wildman–Crippen LogP) is 3.40. The minimum Gasteiger partial charge on any atom is -0.327 e. The van der Waals surface area contributed by atoms with E-state index >= 15 is 0 Å². The van der Waals surface area contributed by atoms with Crippen molar-refractivity contribution in [2.45, 2.75) is 33.2 Å². The standard InChI is InChI=1S/C12H17ClFN/c1-12(2,3)11(15)6-8-4-5-9(13)7-10(8)14/h4-5,7,11H,6,15H2,1-3H3. The molecule has 0 radical (unpaired) electrons. The van der Waals surface area contributed by atoms with Crippen LogP contribution in [-0.4, -0.2) is 6.04 Å². The minimum atomic E-state index is -0.276. The molecule has 0 amide bonds. The van der Waals surface area contributed by atoms with Gasteiger partial charge < -0.3 is 5.73 Å². The Bertz CT molecular complexity index is 344. The molecule has 15 heavy (non-hydrogen) atoms. The van der Waals surface area contributed by atoms with Crippen LogP contribution in [-0.2, 0) is 6.42 Å². The number of benzene rings is 1. The summed E-state index contributed by atoms with van der Waals surface area (Å²) in [7, 11) is 0. The van der Waals surface area contributed by atoms with Crippen LogP contribution in [0.15, 0.2) is 18.2 Å². The Hall–Kier alpha value is -0.600. The third-order valence-corrected chi connectivity index (χ3v) is 2.80. The molecule has 3 heteroatoms. The molecule has 1 atom stereocenters. The van der Waals surface area contributed by atoms with Crippen molar-refractivity contribution >= 4 is 11.6 Å². The maximum absolute atomic E-state index is 13.5. The topological polar surface area (TPSA) is 26.0 Å². The van der Waals surface area contributed by atoms with E-state index in [0.29, 0.717) is 17.0 Å². The van der Waals surface area contributed by atoms with Crippen molar-refractivity contribution in [3.63, 3.8) is 0 Å². The lowest BCUT2D eigenvalue weighted by Crippen LogP contribution is -2.37. The first-order chi connectivity index (χ1) is 6.80. The SMILES string of the molecule is CC(C)(C)C(N)Cc1ccc(Cl)cc1F. The summed E-state index contributed by atoms with van der Waals surface area (Å²) in [5.74, 6) is -0.276. The molecule has 0 aliphatic rings. The summed E-state index contributed by atoms with van der Waals surface area (Å²) < 4.78 is 13.5. The number of halogens is 2. The monoisotopic (exact) mass is 229 g/mol. The molecular weight excluding hydrogens is 213 g/mol. The second-order valence-electron chi connectivity index (χ2n) is 4.91. The second-order valence-corrected chi connectivity index (χ2v) is 5.35. The molecule has 1 nitrogen and oxygen atoms in total. The Balaban J connectivity index is 2.82. The molecule has 1 aromatic rings. The molecule has 2 N–H and O–H groups in total. The first-order valence-corrected chi connectivity index (χ1v) is 5.38. The van der Waals surface area contributed by atoms with Gasteiger partial charge in [0.05, 0.1) is 0 Å². The van der Waals surface area contributed by atoms with Gasteiger partial charge in [0.15, 0.2) is 0 Å². The highest BCUT2D eigenvalue weighted by atomic mass is 35.5. The van der Waals surface area contributed by atoms with Crippen LogP contribution in [0.4, 0.5) is 4.39 Å². The first kappa shape index (κ1) is 12.5. The summed E-state index contributed by atoms with van der Waals surface area (Å²) >= 11 is 5.67.